The van der Waals surface area contributed by atoms with Crippen LogP contribution in [0.3, 0.4) is 0 Å². The number of rotatable bonds is 6. The average molecular weight is 510 g/mol. The second-order valence-electron chi connectivity index (χ2n) is 6.41. The summed E-state index contributed by atoms with van der Waals surface area (Å²) in [4.78, 5) is 2.65. The number of nitrogens with zero attached hydrogens (tertiary/aromatic N) is 1. The standard InChI is InChI=1S/C18H19BrCl2N2O4S/c19-11-12-9-16(20)18(17(21)10-12)27-14-1-3-15(4-2-14)28(25,26)22-23-7-5-13(24)6-8-23/h1-4,9-10,13,22,24H,5-8,11H2. The first-order valence-electron chi connectivity index (χ1n) is 8.56. The first-order valence-corrected chi connectivity index (χ1v) is 11.9. The molecule has 0 aliphatic carbocycles. The van der Waals surface area contributed by atoms with Gasteiger partial charge in [0.1, 0.15) is 5.75 Å². The van der Waals surface area contributed by atoms with Gasteiger partial charge in [-0.15, -0.1) is 4.83 Å². The number of halogens is 3. The number of nitrogens with one attached hydrogen (secondary N) is 1. The number of aliphatic hydroxyl groups is 1. The van der Waals surface area contributed by atoms with Crippen LogP contribution in [-0.4, -0.2) is 37.7 Å². The zero-order valence-corrected chi connectivity index (χ0v) is 18.7. The number of sulfonamides is 1. The van der Waals surface area contributed by atoms with Crippen LogP contribution in [-0.2, 0) is 15.4 Å². The smallest absolute Gasteiger partial charge is 0.253 e. The highest BCUT2D eigenvalue weighted by Crippen LogP contribution is 2.38. The van der Waals surface area contributed by atoms with Crippen LogP contribution in [0.4, 0.5) is 0 Å². The van der Waals surface area contributed by atoms with Gasteiger partial charge in [0.05, 0.1) is 21.0 Å². The summed E-state index contributed by atoms with van der Waals surface area (Å²) in [5.74, 6) is 0.726. The molecule has 3 rings (SSSR count). The highest BCUT2D eigenvalue weighted by atomic mass is 79.9. The zero-order valence-electron chi connectivity index (χ0n) is 14.7. The van der Waals surface area contributed by atoms with Gasteiger partial charge in [0.25, 0.3) is 10.0 Å². The van der Waals surface area contributed by atoms with E-state index in [1.54, 1.807) is 29.3 Å². The SMILES string of the molecule is O=S(=O)(NN1CCC(O)CC1)c1ccc(Oc2c(Cl)cc(CBr)cc2Cl)cc1. The molecule has 0 bridgehead atoms. The fraction of sp³-hybridized carbons (Fsp3) is 0.333. The number of aliphatic hydroxyl groups excluding tert-OH is 1. The molecule has 10 heteroatoms. The molecular weight excluding hydrogens is 491 g/mol. The molecule has 1 aliphatic heterocycles. The van der Waals surface area contributed by atoms with Gasteiger partial charge in [-0.25, -0.2) is 13.4 Å². The maximum atomic E-state index is 12.5. The molecule has 0 aromatic heterocycles. The van der Waals surface area contributed by atoms with Crippen LogP contribution in [0.1, 0.15) is 18.4 Å². The molecule has 0 atom stereocenters. The Labute approximate surface area is 182 Å². The van der Waals surface area contributed by atoms with Crippen LogP contribution in [0.15, 0.2) is 41.3 Å². The molecule has 6 nitrogen and oxygen atoms in total. The second-order valence-corrected chi connectivity index (χ2v) is 9.44. The normalized spacial score (nSPS) is 16.3. The van der Waals surface area contributed by atoms with E-state index in [1.807, 2.05) is 0 Å². The molecule has 1 saturated heterocycles. The van der Waals surface area contributed by atoms with Gasteiger partial charge in [-0.1, -0.05) is 39.1 Å². The maximum Gasteiger partial charge on any atom is 0.253 e. The second kappa shape index (κ2) is 9.30. The van der Waals surface area contributed by atoms with Crippen molar-refractivity contribution in [3.05, 3.63) is 52.0 Å². The molecule has 2 N–H and O–H groups in total. The van der Waals surface area contributed by atoms with Crippen LogP contribution < -0.4 is 9.57 Å². The predicted molar refractivity (Wildman–Crippen MR) is 113 cm³/mol. The summed E-state index contributed by atoms with van der Waals surface area (Å²) in [6.45, 7) is 0.923. The van der Waals surface area contributed by atoms with Crippen molar-refractivity contribution in [2.75, 3.05) is 13.1 Å². The number of hydrazine groups is 1. The van der Waals surface area contributed by atoms with E-state index in [2.05, 4.69) is 20.8 Å². The highest BCUT2D eigenvalue weighted by molar-refractivity contribution is 9.08. The summed E-state index contributed by atoms with van der Waals surface area (Å²) >= 11 is 15.8. The molecule has 0 saturated carbocycles. The van der Waals surface area contributed by atoms with E-state index >= 15 is 0 Å². The number of benzene rings is 2. The van der Waals surface area contributed by atoms with Crippen molar-refractivity contribution in [2.45, 2.75) is 29.2 Å². The van der Waals surface area contributed by atoms with Crippen molar-refractivity contribution < 1.29 is 18.3 Å². The summed E-state index contributed by atoms with van der Waals surface area (Å²) in [5, 5.41) is 12.5. The molecule has 0 spiro atoms. The van der Waals surface area contributed by atoms with E-state index in [4.69, 9.17) is 27.9 Å². The van der Waals surface area contributed by atoms with Crippen LogP contribution in [0.5, 0.6) is 11.5 Å². The Hall–Kier alpha value is -0.870. The molecule has 2 aromatic rings. The molecular formula is C18H19BrCl2N2O4S. The number of ether oxygens (including phenoxy) is 1. The Bertz CT molecular complexity index is 910. The van der Waals surface area contributed by atoms with E-state index < -0.39 is 10.0 Å². The summed E-state index contributed by atoms with van der Waals surface area (Å²) in [6.07, 6.45) is 0.689. The Morgan fingerprint density at radius 3 is 2.25 bits per heavy atom. The monoisotopic (exact) mass is 508 g/mol. The Kier molecular flexibility index (Phi) is 7.25. The van der Waals surface area contributed by atoms with Crippen LogP contribution in [0.2, 0.25) is 10.0 Å². The Morgan fingerprint density at radius 1 is 1.14 bits per heavy atom. The molecule has 1 heterocycles. The van der Waals surface area contributed by atoms with E-state index in [0.717, 1.165) is 5.56 Å². The van der Waals surface area contributed by atoms with Crippen molar-refractivity contribution in [2.24, 2.45) is 0 Å². The third kappa shape index (κ3) is 5.38. The maximum absolute atomic E-state index is 12.5. The summed E-state index contributed by atoms with van der Waals surface area (Å²) in [5.41, 5.74) is 0.917. The lowest BCUT2D eigenvalue weighted by molar-refractivity contribution is 0.0723. The van der Waals surface area contributed by atoms with E-state index in [-0.39, 0.29) is 11.0 Å². The average Bonchev–Trinajstić information content (AvgIpc) is 2.66. The summed E-state index contributed by atoms with van der Waals surface area (Å²) < 4.78 is 30.8. The molecule has 1 aliphatic rings. The first-order chi connectivity index (χ1) is 13.3. The van der Waals surface area contributed by atoms with Crippen LogP contribution in [0.25, 0.3) is 0 Å². The van der Waals surface area contributed by atoms with Crippen LogP contribution in [0, 0.1) is 0 Å². The lowest BCUT2D eigenvalue weighted by Crippen LogP contribution is -2.47. The molecule has 0 radical (unpaired) electrons. The molecule has 152 valence electrons. The van der Waals surface area contributed by atoms with Gasteiger partial charge in [0.2, 0.25) is 0 Å². The van der Waals surface area contributed by atoms with Crippen molar-refractivity contribution in [3.63, 3.8) is 0 Å². The van der Waals surface area contributed by atoms with E-state index in [9.17, 15) is 13.5 Å². The molecule has 2 aromatic carbocycles. The number of hydrogen-bond donors (Lipinski definition) is 2. The van der Waals surface area contributed by atoms with E-state index in [0.29, 0.717) is 52.8 Å². The van der Waals surface area contributed by atoms with Crippen molar-refractivity contribution in [1.82, 2.24) is 9.84 Å². The van der Waals surface area contributed by atoms with Gasteiger partial charge in [0.15, 0.2) is 5.75 Å². The minimum absolute atomic E-state index is 0.109. The molecule has 28 heavy (non-hydrogen) atoms. The molecule has 0 amide bonds. The number of alkyl halides is 1. The quantitative estimate of drug-likeness (QED) is 0.566. The lowest BCUT2D eigenvalue weighted by atomic mass is 10.1. The zero-order chi connectivity index (χ0) is 20.3. The largest absolute Gasteiger partial charge is 0.454 e. The highest BCUT2D eigenvalue weighted by Gasteiger charge is 2.23. The van der Waals surface area contributed by atoms with Gasteiger partial charge >= 0.3 is 0 Å². The van der Waals surface area contributed by atoms with E-state index in [1.165, 1.54) is 12.1 Å². The van der Waals surface area contributed by atoms with Gasteiger partial charge in [-0.3, -0.25) is 0 Å². The fourth-order valence-corrected chi connectivity index (χ4v) is 4.83. The van der Waals surface area contributed by atoms with Gasteiger partial charge < -0.3 is 9.84 Å². The van der Waals surface area contributed by atoms with Gasteiger partial charge in [-0.05, 0) is 54.8 Å². The third-order valence-electron chi connectivity index (χ3n) is 4.28. The number of hydrogen-bond acceptors (Lipinski definition) is 5. The minimum atomic E-state index is -3.71. The fourth-order valence-electron chi connectivity index (χ4n) is 2.77. The Balaban J connectivity index is 1.71. The Morgan fingerprint density at radius 2 is 1.71 bits per heavy atom. The van der Waals surface area contributed by atoms with Crippen molar-refractivity contribution >= 4 is 49.2 Å². The topological polar surface area (TPSA) is 78.9 Å². The van der Waals surface area contributed by atoms with Crippen molar-refractivity contribution in [1.29, 1.82) is 0 Å². The van der Waals surface area contributed by atoms with Gasteiger partial charge in [0, 0.05) is 18.4 Å². The molecule has 0 unspecified atom stereocenters. The summed E-state index contributed by atoms with van der Waals surface area (Å²) in [6, 6.07) is 9.47. The van der Waals surface area contributed by atoms with Crippen molar-refractivity contribution in [3.8, 4) is 11.5 Å². The lowest BCUT2D eigenvalue weighted by Gasteiger charge is -2.29. The predicted octanol–water partition coefficient (Wildman–Crippen LogP) is 4.33. The summed E-state index contributed by atoms with van der Waals surface area (Å²) in [7, 11) is -3.71. The first kappa shape index (κ1) is 21.8. The molecule has 1 fully saturated rings. The minimum Gasteiger partial charge on any atom is -0.454 e. The number of piperidine rings is 1. The van der Waals surface area contributed by atoms with Gasteiger partial charge in [-0.2, -0.15) is 0 Å². The third-order valence-corrected chi connectivity index (χ3v) is 6.88. The van der Waals surface area contributed by atoms with Crippen LogP contribution >= 0.6 is 39.1 Å².